The van der Waals surface area contributed by atoms with Crippen molar-refractivity contribution >= 4 is 17.2 Å². The second-order valence-corrected chi connectivity index (χ2v) is 1.53. The Kier molecular flexibility index (Phi) is 2.30. The molecule has 0 radical (unpaired) electrons. The number of nitrogens with two attached hydrogens (primary N) is 1. The summed E-state index contributed by atoms with van der Waals surface area (Å²) in [6, 6.07) is 0. The van der Waals surface area contributed by atoms with Gasteiger partial charge in [-0.1, -0.05) is 31.5 Å². The molecule has 0 bridgehead atoms. The fraction of sp³-hybridized carbons (Fsp3) is 0. The van der Waals surface area contributed by atoms with Crippen LogP contribution in [0.15, 0.2) is 24.8 Å². The average Bonchev–Trinajstić information content (AvgIpc) is 1.65. The second-order valence-electron chi connectivity index (χ2n) is 1.09. The summed E-state index contributed by atoms with van der Waals surface area (Å²) in [4.78, 5) is 0.315. The fourth-order valence-electron chi connectivity index (χ4n) is 0.101. The molecule has 0 heterocycles. The topological polar surface area (TPSA) is 26.0 Å². The van der Waals surface area contributed by atoms with Gasteiger partial charge in [-0.15, -0.1) is 0 Å². The highest BCUT2D eigenvalue weighted by Gasteiger charge is 1.84. The number of thiocarbonyl (C=S) groups is 1. The lowest BCUT2D eigenvalue weighted by Crippen LogP contribution is -2.07. The van der Waals surface area contributed by atoms with Gasteiger partial charge in [0.15, 0.2) is 0 Å². The van der Waals surface area contributed by atoms with Crippen molar-refractivity contribution in [1.82, 2.24) is 0 Å². The van der Waals surface area contributed by atoms with Crippen LogP contribution in [0.3, 0.4) is 0 Å². The summed E-state index contributed by atoms with van der Waals surface area (Å²) < 4.78 is 0. The van der Waals surface area contributed by atoms with E-state index in [2.05, 4.69) is 25.4 Å². The maximum absolute atomic E-state index is 5.11. The van der Waals surface area contributed by atoms with Crippen LogP contribution in [0.4, 0.5) is 0 Å². The van der Waals surface area contributed by atoms with Crippen molar-refractivity contribution in [2.45, 2.75) is 0 Å². The lowest BCUT2D eigenvalue weighted by molar-refractivity contribution is 1.75. The van der Waals surface area contributed by atoms with Gasteiger partial charge >= 0.3 is 0 Å². The van der Waals surface area contributed by atoms with Crippen molar-refractivity contribution in [2.75, 3.05) is 0 Å². The first kappa shape index (κ1) is 6.37. The molecule has 0 aliphatic heterocycles. The number of hydrogen-bond donors (Lipinski definition) is 1. The van der Waals surface area contributed by atoms with Crippen LogP contribution in [-0.4, -0.2) is 4.99 Å². The Morgan fingerprint density at radius 1 is 1.71 bits per heavy atom. The van der Waals surface area contributed by atoms with E-state index in [-0.39, 0.29) is 0 Å². The molecule has 0 aromatic carbocycles. The lowest BCUT2D eigenvalue weighted by Gasteiger charge is -1.88. The van der Waals surface area contributed by atoms with Crippen LogP contribution >= 0.6 is 12.2 Å². The van der Waals surface area contributed by atoms with E-state index < -0.39 is 0 Å². The van der Waals surface area contributed by atoms with Gasteiger partial charge in [-0.2, -0.15) is 0 Å². The molecule has 0 atom stereocenters. The van der Waals surface area contributed by atoms with Crippen LogP contribution < -0.4 is 5.73 Å². The lowest BCUT2D eigenvalue weighted by atomic mass is 10.3. The second kappa shape index (κ2) is 2.53. The number of rotatable bonds is 2. The van der Waals surface area contributed by atoms with Gasteiger partial charge in [0.25, 0.3) is 0 Å². The zero-order valence-electron chi connectivity index (χ0n) is 3.98. The first-order valence-electron chi connectivity index (χ1n) is 1.79. The minimum Gasteiger partial charge on any atom is -0.389 e. The van der Waals surface area contributed by atoms with Gasteiger partial charge in [0.2, 0.25) is 0 Å². The minimum atomic E-state index is 0.315. The third-order valence-electron chi connectivity index (χ3n) is 0.563. The van der Waals surface area contributed by atoms with E-state index in [4.69, 9.17) is 5.73 Å². The monoisotopic (exact) mass is 113 g/mol. The summed E-state index contributed by atoms with van der Waals surface area (Å²) in [6.45, 7) is 6.90. The molecule has 0 unspecified atom stereocenters. The molecule has 7 heavy (non-hydrogen) atoms. The SMILES string of the molecule is C=CC(=C)C(N)=S. The van der Waals surface area contributed by atoms with Crippen molar-refractivity contribution in [2.24, 2.45) is 5.73 Å². The molecule has 0 rings (SSSR count). The number of hydrogen-bond acceptors (Lipinski definition) is 1. The Bertz CT molecular complexity index is 115. The summed E-state index contributed by atoms with van der Waals surface area (Å²) >= 11 is 4.52. The average molecular weight is 113 g/mol. The molecule has 0 aromatic heterocycles. The molecule has 0 spiro atoms. The van der Waals surface area contributed by atoms with Crippen molar-refractivity contribution < 1.29 is 0 Å². The molecule has 0 saturated carbocycles. The molecule has 0 fully saturated rings. The molecule has 2 heteroatoms. The highest BCUT2D eigenvalue weighted by molar-refractivity contribution is 7.80. The van der Waals surface area contributed by atoms with Crippen LogP contribution in [0.1, 0.15) is 0 Å². The summed E-state index contributed by atoms with van der Waals surface area (Å²) in [5, 5.41) is 0. The molecule has 0 aliphatic carbocycles. The zero-order chi connectivity index (χ0) is 5.86. The summed E-state index contributed by atoms with van der Waals surface area (Å²) in [6.07, 6.45) is 1.53. The van der Waals surface area contributed by atoms with Gasteiger partial charge in [-0.3, -0.25) is 0 Å². The Morgan fingerprint density at radius 2 is 2.14 bits per heavy atom. The van der Waals surface area contributed by atoms with E-state index in [0.29, 0.717) is 10.6 Å². The first-order valence-corrected chi connectivity index (χ1v) is 2.20. The summed E-state index contributed by atoms with van der Waals surface area (Å²) in [7, 11) is 0. The normalized spacial score (nSPS) is 7.43. The van der Waals surface area contributed by atoms with Gasteiger partial charge in [0, 0.05) is 5.57 Å². The molecule has 2 N–H and O–H groups in total. The highest BCUT2D eigenvalue weighted by atomic mass is 32.1. The predicted octanol–water partition coefficient (Wildman–Crippen LogP) is 1.01. The molecule has 0 amide bonds. The van der Waals surface area contributed by atoms with Gasteiger partial charge in [0.1, 0.15) is 4.99 Å². The third kappa shape index (κ3) is 2.11. The molecule has 1 nitrogen and oxygen atoms in total. The van der Waals surface area contributed by atoms with Crippen molar-refractivity contribution in [3.8, 4) is 0 Å². The van der Waals surface area contributed by atoms with Crippen LogP contribution in [0.2, 0.25) is 0 Å². The smallest absolute Gasteiger partial charge is 0.103 e. The molecular formula is C5H7NS. The van der Waals surface area contributed by atoms with Crippen LogP contribution in [0.5, 0.6) is 0 Å². The van der Waals surface area contributed by atoms with E-state index in [0.717, 1.165) is 0 Å². The van der Waals surface area contributed by atoms with Crippen LogP contribution in [0.25, 0.3) is 0 Å². The molecule has 0 aliphatic rings. The van der Waals surface area contributed by atoms with Crippen LogP contribution in [0, 0.1) is 0 Å². The fourth-order valence-corrected chi connectivity index (χ4v) is 0.184. The summed E-state index contributed by atoms with van der Waals surface area (Å²) in [5.74, 6) is 0. The maximum atomic E-state index is 5.11. The van der Waals surface area contributed by atoms with Crippen molar-refractivity contribution in [1.29, 1.82) is 0 Å². The molecular weight excluding hydrogens is 106 g/mol. The maximum Gasteiger partial charge on any atom is 0.103 e. The molecule has 38 valence electrons. The Hall–Kier alpha value is -0.630. The highest BCUT2D eigenvalue weighted by Crippen LogP contribution is 1.87. The van der Waals surface area contributed by atoms with E-state index in [1.54, 1.807) is 0 Å². The largest absolute Gasteiger partial charge is 0.389 e. The van der Waals surface area contributed by atoms with Crippen LogP contribution in [-0.2, 0) is 0 Å². The van der Waals surface area contributed by atoms with Gasteiger partial charge < -0.3 is 5.73 Å². The molecule has 0 aromatic rings. The van der Waals surface area contributed by atoms with E-state index in [1.165, 1.54) is 6.08 Å². The Labute approximate surface area is 48.5 Å². The van der Waals surface area contributed by atoms with Gasteiger partial charge in [0.05, 0.1) is 0 Å². The van der Waals surface area contributed by atoms with E-state index in [1.807, 2.05) is 0 Å². The quantitative estimate of drug-likeness (QED) is 0.328. The Balaban J connectivity index is 3.81. The Morgan fingerprint density at radius 3 is 2.14 bits per heavy atom. The van der Waals surface area contributed by atoms with E-state index >= 15 is 0 Å². The van der Waals surface area contributed by atoms with Gasteiger partial charge in [-0.25, -0.2) is 0 Å². The third-order valence-corrected chi connectivity index (χ3v) is 0.825. The standard InChI is InChI=1S/C5H7NS/c1-3-4(2)5(6)7/h3H,1-2H2,(H2,6,7). The van der Waals surface area contributed by atoms with Crippen molar-refractivity contribution in [3.63, 3.8) is 0 Å². The zero-order valence-corrected chi connectivity index (χ0v) is 4.79. The minimum absolute atomic E-state index is 0.315. The van der Waals surface area contributed by atoms with Gasteiger partial charge in [-0.05, 0) is 0 Å². The van der Waals surface area contributed by atoms with Crippen molar-refractivity contribution in [3.05, 3.63) is 24.8 Å². The predicted molar refractivity (Wildman–Crippen MR) is 36.1 cm³/mol. The summed E-state index contributed by atoms with van der Waals surface area (Å²) in [5.41, 5.74) is 5.73. The first-order chi connectivity index (χ1) is 3.18. The molecule has 0 saturated heterocycles. The van der Waals surface area contributed by atoms with E-state index in [9.17, 15) is 0 Å².